The average Bonchev–Trinajstić information content (AvgIpc) is 2.35. The van der Waals surface area contributed by atoms with Crippen molar-refractivity contribution in [3.05, 3.63) is 33.8 Å². The number of nitrogens with one attached hydrogen (secondary N) is 1. The van der Waals surface area contributed by atoms with Gasteiger partial charge in [-0.2, -0.15) is 0 Å². The number of nitrogens with zero attached hydrogens (tertiary/aromatic N) is 1. The van der Waals surface area contributed by atoms with Crippen LogP contribution >= 0.6 is 28.3 Å². The van der Waals surface area contributed by atoms with Crippen LogP contribution in [-0.2, 0) is 6.54 Å². The topological polar surface area (TPSA) is 15.3 Å². The molecule has 1 aromatic carbocycles. The van der Waals surface area contributed by atoms with Crippen molar-refractivity contribution >= 4 is 28.3 Å². The second-order valence-electron chi connectivity index (χ2n) is 4.92. The number of aryl methyl sites for hydroxylation is 1. The molecule has 0 amide bonds. The summed E-state index contributed by atoms with van der Waals surface area (Å²) in [5, 5.41) is 3.37. The maximum atomic E-state index is 3.55. The molecule has 0 aliphatic carbocycles. The van der Waals surface area contributed by atoms with E-state index in [9.17, 15) is 0 Å². The van der Waals surface area contributed by atoms with E-state index >= 15 is 0 Å². The summed E-state index contributed by atoms with van der Waals surface area (Å²) in [5.41, 5.74) is 2.75. The van der Waals surface area contributed by atoms with Crippen LogP contribution in [0.4, 0.5) is 0 Å². The van der Waals surface area contributed by atoms with Crippen molar-refractivity contribution in [2.75, 3.05) is 20.1 Å². The van der Waals surface area contributed by atoms with Crippen molar-refractivity contribution in [1.29, 1.82) is 0 Å². The summed E-state index contributed by atoms with van der Waals surface area (Å²) < 4.78 is 1.20. The molecule has 1 aliphatic rings. The van der Waals surface area contributed by atoms with E-state index in [0.29, 0.717) is 0 Å². The fourth-order valence-electron chi connectivity index (χ4n) is 2.44. The summed E-state index contributed by atoms with van der Waals surface area (Å²) in [6, 6.07) is 7.39. The molecule has 0 bridgehead atoms. The molecule has 0 atom stereocenters. The number of hydrogen-bond acceptors (Lipinski definition) is 2. The summed E-state index contributed by atoms with van der Waals surface area (Å²) in [5.74, 6) is 0. The third-order valence-electron chi connectivity index (χ3n) is 3.62. The normalized spacial score (nSPS) is 17.5. The van der Waals surface area contributed by atoms with Gasteiger partial charge in [0.15, 0.2) is 0 Å². The Labute approximate surface area is 125 Å². The monoisotopic (exact) mass is 332 g/mol. The minimum absolute atomic E-state index is 0. The second-order valence-corrected chi connectivity index (χ2v) is 5.78. The van der Waals surface area contributed by atoms with Gasteiger partial charge < -0.3 is 5.32 Å². The van der Waals surface area contributed by atoms with Gasteiger partial charge in [-0.3, -0.25) is 4.90 Å². The van der Waals surface area contributed by atoms with Gasteiger partial charge in [-0.25, -0.2) is 0 Å². The maximum absolute atomic E-state index is 3.55. The first kappa shape index (κ1) is 16.0. The predicted molar refractivity (Wildman–Crippen MR) is 83.5 cm³/mol. The molecule has 0 radical (unpaired) electrons. The quantitative estimate of drug-likeness (QED) is 0.912. The van der Waals surface area contributed by atoms with E-state index < -0.39 is 0 Å². The SMILES string of the molecule is CNC1CCN(Cc2ccc(Br)c(C)c2)CC1.Cl. The summed E-state index contributed by atoms with van der Waals surface area (Å²) in [6.07, 6.45) is 2.54. The molecule has 102 valence electrons. The van der Waals surface area contributed by atoms with Gasteiger partial charge in [0.1, 0.15) is 0 Å². The van der Waals surface area contributed by atoms with Crippen LogP contribution in [0.5, 0.6) is 0 Å². The first-order chi connectivity index (χ1) is 8.19. The van der Waals surface area contributed by atoms with Crippen LogP contribution in [0.1, 0.15) is 24.0 Å². The van der Waals surface area contributed by atoms with E-state index in [1.54, 1.807) is 0 Å². The van der Waals surface area contributed by atoms with Crippen molar-refractivity contribution in [3.8, 4) is 0 Å². The minimum atomic E-state index is 0. The van der Waals surface area contributed by atoms with Gasteiger partial charge >= 0.3 is 0 Å². The Balaban J connectivity index is 0.00000162. The molecule has 0 saturated carbocycles. The van der Waals surface area contributed by atoms with Gasteiger partial charge in [0.05, 0.1) is 0 Å². The molecule has 1 saturated heterocycles. The largest absolute Gasteiger partial charge is 0.317 e. The lowest BCUT2D eigenvalue weighted by Gasteiger charge is -2.31. The van der Waals surface area contributed by atoms with E-state index in [-0.39, 0.29) is 12.4 Å². The maximum Gasteiger partial charge on any atom is 0.0233 e. The lowest BCUT2D eigenvalue weighted by atomic mass is 10.0. The standard InChI is InChI=1S/C14H21BrN2.ClH/c1-11-9-12(3-4-14(11)15)10-17-7-5-13(16-2)6-8-17;/h3-4,9,13,16H,5-8,10H2,1-2H3;1H. The van der Waals surface area contributed by atoms with Crippen LogP contribution < -0.4 is 5.32 Å². The molecular formula is C14H22BrClN2. The second kappa shape index (κ2) is 7.49. The van der Waals surface area contributed by atoms with Crippen LogP contribution in [-0.4, -0.2) is 31.1 Å². The van der Waals surface area contributed by atoms with Crippen LogP contribution in [0, 0.1) is 6.92 Å². The van der Waals surface area contributed by atoms with Crippen molar-refractivity contribution in [2.45, 2.75) is 32.4 Å². The average molecular weight is 334 g/mol. The fourth-order valence-corrected chi connectivity index (χ4v) is 2.69. The molecule has 0 unspecified atom stereocenters. The Bertz CT molecular complexity index is 376. The molecule has 4 heteroatoms. The highest BCUT2D eigenvalue weighted by Gasteiger charge is 2.17. The van der Waals surface area contributed by atoms with Gasteiger partial charge in [0, 0.05) is 17.1 Å². The Kier molecular flexibility index (Phi) is 6.64. The van der Waals surface area contributed by atoms with Crippen molar-refractivity contribution in [3.63, 3.8) is 0 Å². The third kappa shape index (κ3) is 4.23. The lowest BCUT2D eigenvalue weighted by Crippen LogP contribution is -2.40. The van der Waals surface area contributed by atoms with Gasteiger partial charge in [-0.05, 0) is 57.1 Å². The third-order valence-corrected chi connectivity index (χ3v) is 4.51. The Morgan fingerprint density at radius 2 is 2.00 bits per heavy atom. The number of hydrogen-bond donors (Lipinski definition) is 1. The molecule has 2 nitrogen and oxygen atoms in total. The smallest absolute Gasteiger partial charge is 0.0233 e. The van der Waals surface area contributed by atoms with Crippen molar-refractivity contribution < 1.29 is 0 Å². The predicted octanol–water partition coefficient (Wildman–Crippen LogP) is 3.36. The van der Waals surface area contributed by atoms with E-state index in [4.69, 9.17) is 0 Å². The van der Waals surface area contributed by atoms with Crippen LogP contribution in [0.2, 0.25) is 0 Å². The zero-order chi connectivity index (χ0) is 12.3. The van der Waals surface area contributed by atoms with Gasteiger partial charge in [0.2, 0.25) is 0 Å². The van der Waals surface area contributed by atoms with E-state index in [1.165, 1.54) is 41.5 Å². The molecule has 1 N–H and O–H groups in total. The summed E-state index contributed by atoms with van der Waals surface area (Å²) in [6.45, 7) is 5.66. The summed E-state index contributed by atoms with van der Waals surface area (Å²) in [7, 11) is 2.07. The fraction of sp³-hybridized carbons (Fsp3) is 0.571. The zero-order valence-corrected chi connectivity index (χ0v) is 13.5. The molecule has 2 rings (SSSR count). The molecule has 0 aromatic heterocycles. The highest BCUT2D eigenvalue weighted by Crippen LogP contribution is 2.19. The number of rotatable bonds is 3. The number of likely N-dealkylation sites (tertiary alicyclic amines) is 1. The molecule has 1 fully saturated rings. The Hall–Kier alpha value is -0.0900. The Morgan fingerprint density at radius 1 is 1.33 bits per heavy atom. The number of piperidine rings is 1. The molecule has 0 spiro atoms. The molecule has 1 aromatic rings. The Morgan fingerprint density at radius 3 is 2.56 bits per heavy atom. The van der Waals surface area contributed by atoms with E-state index in [0.717, 1.165) is 12.6 Å². The first-order valence-electron chi connectivity index (χ1n) is 6.33. The van der Waals surface area contributed by atoms with E-state index in [1.807, 2.05) is 0 Å². The lowest BCUT2D eigenvalue weighted by molar-refractivity contribution is 0.194. The first-order valence-corrected chi connectivity index (χ1v) is 7.13. The van der Waals surface area contributed by atoms with Crippen LogP contribution in [0.25, 0.3) is 0 Å². The van der Waals surface area contributed by atoms with Gasteiger partial charge in [0.25, 0.3) is 0 Å². The number of halogens is 2. The van der Waals surface area contributed by atoms with Crippen LogP contribution in [0.3, 0.4) is 0 Å². The highest BCUT2D eigenvalue weighted by atomic mass is 79.9. The molecule has 18 heavy (non-hydrogen) atoms. The molecule has 1 aliphatic heterocycles. The van der Waals surface area contributed by atoms with Crippen molar-refractivity contribution in [1.82, 2.24) is 10.2 Å². The number of benzene rings is 1. The summed E-state index contributed by atoms with van der Waals surface area (Å²) in [4.78, 5) is 2.55. The highest BCUT2D eigenvalue weighted by molar-refractivity contribution is 9.10. The van der Waals surface area contributed by atoms with Gasteiger partial charge in [-0.15, -0.1) is 12.4 Å². The van der Waals surface area contributed by atoms with Crippen molar-refractivity contribution in [2.24, 2.45) is 0 Å². The minimum Gasteiger partial charge on any atom is -0.317 e. The van der Waals surface area contributed by atoms with Gasteiger partial charge in [-0.1, -0.05) is 28.1 Å². The summed E-state index contributed by atoms with van der Waals surface area (Å²) >= 11 is 3.55. The van der Waals surface area contributed by atoms with E-state index in [2.05, 4.69) is 58.3 Å². The molecular weight excluding hydrogens is 312 g/mol. The van der Waals surface area contributed by atoms with Crippen LogP contribution in [0.15, 0.2) is 22.7 Å². The molecule has 1 heterocycles. The zero-order valence-electron chi connectivity index (χ0n) is 11.1.